The number of H-pyrrole nitrogens is 1. The van der Waals surface area contributed by atoms with E-state index in [-0.39, 0.29) is 17.8 Å². The number of nitrogens with zero attached hydrogens (tertiary/aromatic N) is 4. The molecular formula is C30H31F6N7O6. The van der Waals surface area contributed by atoms with Gasteiger partial charge in [-0.25, -0.2) is 24.5 Å². The van der Waals surface area contributed by atoms with Crippen LogP contribution in [0.1, 0.15) is 34.1 Å². The van der Waals surface area contributed by atoms with Crippen LogP contribution >= 0.6 is 0 Å². The topological polar surface area (TPSA) is 197 Å². The number of aromatic amines is 1. The maximum atomic E-state index is 12.6. The molecule has 6 N–H and O–H groups in total. The SMILES string of the molecule is CN(C)CCCNC(=O)c1ccc2c(c1)CC(c1nc3ccc(-c4ccnc(N)n4)cc3[nH]1)CO2.O=C(O)C(F)(F)F.O=C(O)C(F)(F)F. The number of imidazole rings is 1. The summed E-state index contributed by atoms with van der Waals surface area (Å²) in [5, 5.41) is 17.3. The number of carbonyl (C=O) groups is 3. The Morgan fingerprint density at radius 3 is 2.24 bits per heavy atom. The van der Waals surface area contributed by atoms with E-state index in [9.17, 15) is 31.1 Å². The number of carbonyl (C=O) groups excluding carboxylic acids is 1. The van der Waals surface area contributed by atoms with Crippen LogP contribution in [0.25, 0.3) is 22.3 Å². The van der Waals surface area contributed by atoms with Gasteiger partial charge in [0.2, 0.25) is 5.95 Å². The Labute approximate surface area is 274 Å². The van der Waals surface area contributed by atoms with Crippen molar-refractivity contribution in [2.75, 3.05) is 39.5 Å². The lowest BCUT2D eigenvalue weighted by atomic mass is 9.94. The number of amides is 1. The van der Waals surface area contributed by atoms with E-state index in [4.69, 9.17) is 35.3 Å². The highest BCUT2D eigenvalue weighted by atomic mass is 19.4. The van der Waals surface area contributed by atoms with Gasteiger partial charge in [0.25, 0.3) is 5.91 Å². The average molecular weight is 700 g/mol. The maximum Gasteiger partial charge on any atom is 0.490 e. The van der Waals surface area contributed by atoms with E-state index in [1.807, 2.05) is 56.6 Å². The van der Waals surface area contributed by atoms with E-state index in [0.717, 1.165) is 58.8 Å². The Morgan fingerprint density at radius 2 is 1.65 bits per heavy atom. The second-order valence-electron chi connectivity index (χ2n) is 10.7. The van der Waals surface area contributed by atoms with Crippen molar-refractivity contribution in [2.24, 2.45) is 0 Å². The summed E-state index contributed by atoms with van der Waals surface area (Å²) in [6.45, 7) is 2.11. The number of carboxylic acid groups (broad SMARTS) is 2. The van der Waals surface area contributed by atoms with E-state index in [1.165, 1.54) is 0 Å². The van der Waals surface area contributed by atoms with Crippen LogP contribution < -0.4 is 15.8 Å². The lowest BCUT2D eigenvalue weighted by molar-refractivity contribution is -0.193. The van der Waals surface area contributed by atoms with Gasteiger partial charge in [-0.05, 0) is 75.4 Å². The zero-order chi connectivity index (χ0) is 36.5. The largest absolute Gasteiger partial charge is 0.493 e. The number of ether oxygens (including phenoxy) is 1. The molecular weight excluding hydrogens is 668 g/mol. The van der Waals surface area contributed by atoms with Crippen LogP contribution in [0.2, 0.25) is 0 Å². The fourth-order valence-corrected chi connectivity index (χ4v) is 4.33. The number of anilines is 1. The van der Waals surface area contributed by atoms with Gasteiger partial charge >= 0.3 is 24.3 Å². The molecule has 1 atom stereocenters. The Morgan fingerprint density at radius 1 is 1.00 bits per heavy atom. The van der Waals surface area contributed by atoms with Gasteiger partial charge in [-0.2, -0.15) is 26.3 Å². The molecule has 0 aliphatic carbocycles. The van der Waals surface area contributed by atoms with Gasteiger partial charge in [0.05, 0.1) is 29.3 Å². The van der Waals surface area contributed by atoms with Crippen molar-refractivity contribution in [3.8, 4) is 17.0 Å². The van der Waals surface area contributed by atoms with Crippen LogP contribution in [0, 0.1) is 0 Å². The van der Waals surface area contributed by atoms with Crippen molar-refractivity contribution < 1.29 is 55.7 Å². The molecule has 1 amide bonds. The maximum absolute atomic E-state index is 12.6. The van der Waals surface area contributed by atoms with Gasteiger partial charge in [0.15, 0.2) is 0 Å². The molecule has 0 radical (unpaired) electrons. The Hall–Kier alpha value is -5.46. The Bertz CT molecular complexity index is 1750. The molecule has 0 fully saturated rings. The summed E-state index contributed by atoms with van der Waals surface area (Å²) in [5.41, 5.74) is 10.9. The van der Waals surface area contributed by atoms with E-state index in [0.29, 0.717) is 18.7 Å². The van der Waals surface area contributed by atoms with Crippen LogP contribution in [0.3, 0.4) is 0 Å². The minimum absolute atomic E-state index is 0.0599. The number of aliphatic carboxylic acids is 2. The fraction of sp³-hybridized carbons (Fsp3) is 0.333. The minimum atomic E-state index is -5.08. The highest BCUT2D eigenvalue weighted by Crippen LogP contribution is 2.33. The molecule has 1 unspecified atom stereocenters. The Kier molecular flexibility index (Phi) is 12.5. The highest BCUT2D eigenvalue weighted by molar-refractivity contribution is 5.94. The number of hydrogen-bond donors (Lipinski definition) is 5. The second kappa shape index (κ2) is 16.1. The van der Waals surface area contributed by atoms with Crippen LogP contribution in [-0.4, -0.2) is 99.0 Å². The number of fused-ring (bicyclic) bond motifs is 2. The molecule has 2 aromatic carbocycles. The first-order valence-electron chi connectivity index (χ1n) is 14.2. The number of aromatic nitrogens is 4. The fourth-order valence-electron chi connectivity index (χ4n) is 4.33. The third-order valence-corrected chi connectivity index (χ3v) is 6.64. The molecule has 13 nitrogen and oxygen atoms in total. The van der Waals surface area contributed by atoms with Crippen LogP contribution in [0.4, 0.5) is 32.3 Å². The normalized spacial score (nSPS) is 14.0. The molecule has 264 valence electrons. The van der Waals surface area contributed by atoms with Crippen molar-refractivity contribution in [3.05, 3.63) is 65.6 Å². The number of halogens is 6. The second-order valence-corrected chi connectivity index (χ2v) is 10.7. The molecule has 49 heavy (non-hydrogen) atoms. The third-order valence-electron chi connectivity index (χ3n) is 6.64. The first kappa shape index (κ1) is 38.0. The molecule has 19 heteroatoms. The molecule has 0 saturated heterocycles. The van der Waals surface area contributed by atoms with E-state index >= 15 is 0 Å². The standard InChI is InChI=1S/C26H29N7O2.2C2HF3O2/c1-33(2)11-3-9-28-25(34)17-5-7-23-18(12-17)13-19(15-35-23)24-30-21-6-4-16(14-22(21)31-24)20-8-10-29-26(27)32-20;2*3-2(4,5)1(6)7/h4-8,10,12,14,19H,3,9,11,13,15H2,1-2H3,(H,28,34)(H,30,31)(H2,27,29,32);2*(H,6,7). The van der Waals surface area contributed by atoms with E-state index in [1.54, 1.807) is 6.20 Å². The molecule has 3 heterocycles. The van der Waals surface area contributed by atoms with Crippen molar-refractivity contribution in [3.63, 3.8) is 0 Å². The van der Waals surface area contributed by atoms with E-state index < -0.39 is 24.3 Å². The summed E-state index contributed by atoms with van der Waals surface area (Å²) in [4.78, 5) is 49.0. The van der Waals surface area contributed by atoms with Gasteiger partial charge in [-0.3, -0.25) is 4.79 Å². The predicted octanol–water partition coefficient (Wildman–Crippen LogP) is 4.27. The quantitative estimate of drug-likeness (QED) is 0.137. The van der Waals surface area contributed by atoms with Gasteiger partial charge in [0, 0.05) is 23.9 Å². The van der Waals surface area contributed by atoms with Gasteiger partial charge in [-0.15, -0.1) is 0 Å². The first-order chi connectivity index (χ1) is 22.8. The first-order valence-corrected chi connectivity index (χ1v) is 14.2. The predicted molar refractivity (Wildman–Crippen MR) is 163 cm³/mol. The highest BCUT2D eigenvalue weighted by Gasteiger charge is 2.39. The van der Waals surface area contributed by atoms with Crippen LogP contribution in [0.5, 0.6) is 5.75 Å². The van der Waals surface area contributed by atoms with Crippen molar-refractivity contribution in [1.82, 2.24) is 30.2 Å². The lowest BCUT2D eigenvalue weighted by Gasteiger charge is -2.24. The molecule has 5 rings (SSSR count). The third kappa shape index (κ3) is 11.3. The summed E-state index contributed by atoms with van der Waals surface area (Å²) in [5.74, 6) is -3.58. The zero-order valence-corrected chi connectivity index (χ0v) is 25.9. The average Bonchev–Trinajstić information content (AvgIpc) is 3.46. The summed E-state index contributed by atoms with van der Waals surface area (Å²) in [7, 11) is 4.05. The van der Waals surface area contributed by atoms with Crippen molar-refractivity contribution in [2.45, 2.75) is 31.1 Å². The number of hydrogen-bond acceptors (Lipinski definition) is 9. The molecule has 0 spiro atoms. The monoisotopic (exact) mass is 699 g/mol. The Balaban J connectivity index is 0.000000392. The molecule has 4 aromatic rings. The van der Waals surface area contributed by atoms with Gasteiger partial charge < -0.3 is 35.9 Å². The smallest absolute Gasteiger partial charge is 0.490 e. The van der Waals surface area contributed by atoms with Crippen LogP contribution in [0.15, 0.2) is 48.7 Å². The molecule has 2 aromatic heterocycles. The molecule has 1 aliphatic rings. The van der Waals surface area contributed by atoms with Gasteiger partial charge in [-0.1, -0.05) is 6.07 Å². The number of benzene rings is 2. The summed E-state index contributed by atoms with van der Waals surface area (Å²) in [6, 6.07) is 13.4. The number of nitrogens with two attached hydrogens (primary N) is 1. The lowest BCUT2D eigenvalue weighted by Crippen LogP contribution is -2.27. The van der Waals surface area contributed by atoms with E-state index in [2.05, 4.69) is 25.2 Å². The number of alkyl halides is 6. The number of nitrogen functional groups attached to an aromatic ring is 1. The molecule has 1 aliphatic heterocycles. The summed E-state index contributed by atoms with van der Waals surface area (Å²) < 4.78 is 69.5. The minimum Gasteiger partial charge on any atom is -0.493 e. The number of rotatable bonds is 7. The van der Waals surface area contributed by atoms with Crippen molar-refractivity contribution in [1.29, 1.82) is 0 Å². The summed E-state index contributed by atoms with van der Waals surface area (Å²) >= 11 is 0. The molecule has 0 saturated carbocycles. The zero-order valence-electron chi connectivity index (χ0n) is 25.9. The van der Waals surface area contributed by atoms with Crippen LogP contribution in [-0.2, 0) is 16.0 Å². The molecule has 0 bridgehead atoms. The van der Waals surface area contributed by atoms with Crippen molar-refractivity contribution >= 4 is 34.8 Å². The summed E-state index contributed by atoms with van der Waals surface area (Å²) in [6.07, 6.45) is -6.87. The number of nitrogens with one attached hydrogen (secondary N) is 2. The number of carboxylic acids is 2. The van der Waals surface area contributed by atoms with Gasteiger partial charge in [0.1, 0.15) is 11.6 Å².